The Morgan fingerprint density at radius 3 is 2.97 bits per heavy atom. The van der Waals surface area contributed by atoms with Crippen molar-refractivity contribution in [2.24, 2.45) is 11.3 Å². The molecule has 7 heteroatoms. The fourth-order valence-corrected chi connectivity index (χ4v) is 6.66. The molecule has 1 amide bonds. The lowest BCUT2D eigenvalue weighted by Crippen LogP contribution is -2.64. The van der Waals surface area contributed by atoms with E-state index in [9.17, 15) is 9.90 Å². The number of aromatic nitrogens is 2. The topological polar surface area (TPSA) is 78.5 Å². The highest BCUT2D eigenvalue weighted by Gasteiger charge is 2.57. The van der Waals surface area contributed by atoms with E-state index >= 15 is 4.39 Å². The Bertz CT molecular complexity index is 1060. The normalized spacial score (nSPS) is 35.4. The van der Waals surface area contributed by atoms with Crippen molar-refractivity contribution in [1.82, 2.24) is 14.9 Å². The average molecular weight is 428 g/mol. The molecule has 0 spiro atoms. The van der Waals surface area contributed by atoms with Crippen LogP contribution in [0.5, 0.6) is 5.75 Å². The van der Waals surface area contributed by atoms with Crippen LogP contribution in [-0.4, -0.2) is 50.2 Å². The van der Waals surface area contributed by atoms with E-state index < -0.39 is 17.3 Å². The molecule has 1 aliphatic heterocycles. The first-order valence-corrected chi connectivity index (χ1v) is 11.6. The maximum atomic E-state index is 15.3. The van der Waals surface area contributed by atoms with Crippen molar-refractivity contribution in [1.29, 1.82) is 0 Å². The van der Waals surface area contributed by atoms with Crippen LogP contribution in [0.1, 0.15) is 70.3 Å². The Morgan fingerprint density at radius 2 is 2.19 bits per heavy atom. The summed E-state index contributed by atoms with van der Waals surface area (Å²) in [5.41, 5.74) is 0.524. The molecule has 2 aromatic rings. The molecule has 2 aromatic heterocycles. The molecule has 3 aliphatic carbocycles. The van der Waals surface area contributed by atoms with Gasteiger partial charge in [0.1, 0.15) is 5.65 Å². The fourth-order valence-electron chi connectivity index (χ4n) is 6.66. The molecule has 5 unspecified atom stereocenters. The Morgan fingerprint density at radius 1 is 1.39 bits per heavy atom. The highest BCUT2D eigenvalue weighted by molar-refractivity contribution is 5.91. The van der Waals surface area contributed by atoms with E-state index in [4.69, 9.17) is 4.74 Å². The Hall–Kier alpha value is -2.15. The second-order valence-electron chi connectivity index (χ2n) is 10.8. The summed E-state index contributed by atoms with van der Waals surface area (Å²) in [5.74, 6) is -0.348. The third-order valence-corrected chi connectivity index (χ3v) is 8.43. The molecule has 166 valence electrons. The van der Waals surface area contributed by atoms with E-state index in [1.165, 1.54) is 6.20 Å². The summed E-state index contributed by atoms with van der Waals surface area (Å²) in [6.45, 7) is 4.86. The van der Waals surface area contributed by atoms with Gasteiger partial charge in [0.15, 0.2) is 11.6 Å². The first kappa shape index (κ1) is 19.5. The summed E-state index contributed by atoms with van der Waals surface area (Å²) in [7, 11) is 0. The number of hydrogen-bond acceptors (Lipinski definition) is 4. The molecule has 0 radical (unpaired) electrons. The molecular formula is C24H30FN3O3. The largest absolute Gasteiger partial charge is 0.486 e. The summed E-state index contributed by atoms with van der Waals surface area (Å²) >= 11 is 0. The van der Waals surface area contributed by atoms with Crippen LogP contribution < -0.4 is 4.74 Å². The van der Waals surface area contributed by atoms with E-state index in [0.29, 0.717) is 28.9 Å². The lowest BCUT2D eigenvalue weighted by Gasteiger charge is -2.61. The van der Waals surface area contributed by atoms with Gasteiger partial charge < -0.3 is 19.7 Å². The van der Waals surface area contributed by atoms with Crippen molar-refractivity contribution in [3.63, 3.8) is 0 Å². The minimum Gasteiger partial charge on any atom is -0.486 e. The van der Waals surface area contributed by atoms with Gasteiger partial charge in [-0.25, -0.2) is 9.37 Å². The fraction of sp³-hybridized carbons (Fsp3) is 0.667. The standard InChI is InChI=1S/C24H30FN3O3/c1-13(17-9-26-21-19(17)20(25)18(10-27-21)31-16-3-4-16)22(29)28-11-14-5-6-24(30)8-15(28)7-23(14,2)12-24/h9-10,13-16,30H,3-8,11-12H2,1-2H3,(H,26,27). The number of H-pyrrole nitrogens is 1. The second kappa shape index (κ2) is 6.44. The molecule has 6 nitrogen and oxygen atoms in total. The number of hydrogen-bond donors (Lipinski definition) is 2. The Labute approximate surface area is 181 Å². The number of halogens is 1. The Balaban J connectivity index is 1.31. The number of piperidine rings is 1. The number of rotatable bonds is 4. The van der Waals surface area contributed by atoms with Gasteiger partial charge in [0, 0.05) is 18.8 Å². The maximum absolute atomic E-state index is 15.3. The van der Waals surface area contributed by atoms with Gasteiger partial charge in [0.05, 0.1) is 29.2 Å². The molecule has 5 atom stereocenters. The van der Waals surface area contributed by atoms with Crippen molar-refractivity contribution in [3.05, 3.63) is 23.8 Å². The van der Waals surface area contributed by atoms with Crippen LogP contribution in [0.3, 0.4) is 0 Å². The number of amides is 1. The molecule has 4 fully saturated rings. The molecule has 31 heavy (non-hydrogen) atoms. The van der Waals surface area contributed by atoms with Gasteiger partial charge in [0.2, 0.25) is 5.91 Å². The molecule has 3 saturated carbocycles. The van der Waals surface area contributed by atoms with Crippen LogP contribution in [0.25, 0.3) is 11.0 Å². The number of nitrogens with zero attached hydrogens (tertiary/aromatic N) is 2. The van der Waals surface area contributed by atoms with Crippen LogP contribution in [0, 0.1) is 17.2 Å². The summed E-state index contributed by atoms with van der Waals surface area (Å²) in [6, 6.07) is 0.0530. The highest BCUT2D eigenvalue weighted by Crippen LogP contribution is 2.58. The number of ether oxygens (including phenoxy) is 1. The van der Waals surface area contributed by atoms with Gasteiger partial charge in [0.25, 0.3) is 0 Å². The van der Waals surface area contributed by atoms with Crippen molar-refractivity contribution in [3.8, 4) is 5.75 Å². The van der Waals surface area contributed by atoms with Crippen LogP contribution in [-0.2, 0) is 4.79 Å². The lowest BCUT2D eigenvalue weighted by molar-refractivity contribution is -0.178. The van der Waals surface area contributed by atoms with Crippen LogP contribution in [0.4, 0.5) is 4.39 Å². The van der Waals surface area contributed by atoms with Gasteiger partial charge >= 0.3 is 0 Å². The zero-order valence-corrected chi connectivity index (χ0v) is 18.2. The lowest BCUT2D eigenvalue weighted by atomic mass is 9.52. The maximum Gasteiger partial charge on any atom is 0.230 e. The summed E-state index contributed by atoms with van der Waals surface area (Å²) in [5, 5.41) is 11.4. The van der Waals surface area contributed by atoms with E-state index in [1.807, 2.05) is 11.8 Å². The van der Waals surface area contributed by atoms with E-state index in [1.54, 1.807) is 6.20 Å². The molecule has 6 rings (SSSR count). The summed E-state index contributed by atoms with van der Waals surface area (Å²) in [6.07, 6.45) is 9.33. The van der Waals surface area contributed by atoms with Gasteiger partial charge in [-0.3, -0.25) is 4.79 Å². The van der Waals surface area contributed by atoms with Gasteiger partial charge in [-0.1, -0.05) is 6.92 Å². The van der Waals surface area contributed by atoms with E-state index in [2.05, 4.69) is 16.9 Å². The number of aromatic amines is 1. The van der Waals surface area contributed by atoms with Crippen molar-refractivity contribution < 1.29 is 19.0 Å². The first-order valence-electron chi connectivity index (χ1n) is 11.6. The van der Waals surface area contributed by atoms with Crippen molar-refractivity contribution >= 4 is 16.9 Å². The zero-order chi connectivity index (χ0) is 21.5. The number of aliphatic hydroxyl groups is 1. The van der Waals surface area contributed by atoms with E-state index in [-0.39, 0.29) is 29.2 Å². The van der Waals surface area contributed by atoms with Crippen molar-refractivity contribution in [2.45, 2.75) is 82.5 Å². The number of likely N-dealkylation sites (tertiary alicyclic amines) is 1. The van der Waals surface area contributed by atoms with Gasteiger partial charge in [-0.2, -0.15) is 0 Å². The predicted molar refractivity (Wildman–Crippen MR) is 113 cm³/mol. The first-order chi connectivity index (χ1) is 14.8. The molecule has 2 N–H and O–H groups in total. The Kier molecular flexibility index (Phi) is 4.05. The second-order valence-corrected chi connectivity index (χ2v) is 10.8. The van der Waals surface area contributed by atoms with Crippen LogP contribution in [0.2, 0.25) is 0 Å². The molecule has 3 bridgehead atoms. The van der Waals surface area contributed by atoms with Crippen LogP contribution in [0.15, 0.2) is 12.4 Å². The minimum atomic E-state index is -0.651. The van der Waals surface area contributed by atoms with Gasteiger partial charge in [-0.15, -0.1) is 0 Å². The highest BCUT2D eigenvalue weighted by atomic mass is 19.1. The van der Waals surface area contributed by atoms with Crippen LogP contribution >= 0.6 is 0 Å². The SMILES string of the molecule is CC(C(=O)N1CC2CCC3(O)CC1CC2(C)C3)c1c[nH]c2ncc(OC3CC3)c(F)c12. The third-order valence-electron chi connectivity index (χ3n) is 8.43. The predicted octanol–water partition coefficient (Wildman–Crippen LogP) is 3.89. The number of nitrogens with one attached hydrogen (secondary N) is 1. The molecular weight excluding hydrogens is 397 g/mol. The zero-order valence-electron chi connectivity index (χ0n) is 18.2. The molecule has 3 heterocycles. The average Bonchev–Trinajstić information content (AvgIpc) is 3.42. The van der Waals surface area contributed by atoms with Gasteiger partial charge in [-0.05, 0) is 68.8 Å². The summed E-state index contributed by atoms with van der Waals surface area (Å²) in [4.78, 5) is 23.0. The third kappa shape index (κ3) is 2.99. The van der Waals surface area contributed by atoms with E-state index in [0.717, 1.165) is 45.1 Å². The smallest absolute Gasteiger partial charge is 0.230 e. The minimum absolute atomic E-state index is 0.0111. The number of pyridine rings is 1. The molecule has 4 aliphatic rings. The monoisotopic (exact) mass is 427 g/mol. The van der Waals surface area contributed by atoms with Crippen molar-refractivity contribution in [2.75, 3.05) is 6.54 Å². The quantitative estimate of drug-likeness (QED) is 0.776. The number of carbonyl (C=O) groups excluding carboxylic acids is 1. The summed E-state index contributed by atoms with van der Waals surface area (Å²) < 4.78 is 21.0. The number of fused-ring (bicyclic) bond motifs is 3. The molecule has 1 saturated heterocycles. The molecule has 0 aromatic carbocycles. The number of carbonyl (C=O) groups is 1.